The van der Waals surface area contributed by atoms with Crippen LogP contribution in [-0.4, -0.2) is 21.0 Å². The Hall–Kier alpha value is -2.94. The molecule has 0 atom stereocenters. The van der Waals surface area contributed by atoms with Crippen LogP contribution in [0.1, 0.15) is 15.9 Å². The van der Waals surface area contributed by atoms with E-state index in [4.69, 9.17) is 15.1 Å². The molecule has 0 amide bonds. The van der Waals surface area contributed by atoms with Crippen LogP contribution in [0.15, 0.2) is 36.8 Å². The number of benzene rings is 1. The van der Waals surface area contributed by atoms with E-state index in [-0.39, 0.29) is 17.2 Å². The third kappa shape index (κ3) is 2.41. The van der Waals surface area contributed by atoms with E-state index in [9.17, 15) is 4.79 Å². The number of rotatable bonds is 3. The van der Waals surface area contributed by atoms with E-state index in [1.807, 2.05) is 6.07 Å². The fraction of sp³-hybridized carbons (Fsp3) is 0. The van der Waals surface area contributed by atoms with Crippen molar-refractivity contribution in [2.45, 2.75) is 0 Å². The first kappa shape index (κ1) is 11.5. The molecular formula is C12H7N3O3. The third-order valence-corrected chi connectivity index (χ3v) is 2.11. The van der Waals surface area contributed by atoms with Gasteiger partial charge in [0.05, 0.1) is 11.6 Å². The van der Waals surface area contributed by atoms with Crippen LogP contribution in [-0.2, 0) is 0 Å². The molecule has 0 aliphatic carbocycles. The normalized spacial score (nSPS) is 9.50. The summed E-state index contributed by atoms with van der Waals surface area (Å²) in [7, 11) is 0. The van der Waals surface area contributed by atoms with Crippen molar-refractivity contribution in [1.29, 1.82) is 5.26 Å². The summed E-state index contributed by atoms with van der Waals surface area (Å²) in [5.74, 6) is -0.855. The van der Waals surface area contributed by atoms with Gasteiger partial charge in [0.2, 0.25) is 5.88 Å². The Labute approximate surface area is 102 Å². The zero-order valence-corrected chi connectivity index (χ0v) is 9.07. The number of nitrogens with zero attached hydrogens (tertiary/aromatic N) is 3. The van der Waals surface area contributed by atoms with E-state index < -0.39 is 5.97 Å². The molecule has 1 N–H and O–H groups in total. The molecule has 0 saturated carbocycles. The number of ether oxygens (including phenoxy) is 1. The van der Waals surface area contributed by atoms with Gasteiger partial charge >= 0.3 is 5.97 Å². The van der Waals surface area contributed by atoms with Gasteiger partial charge in [-0.2, -0.15) is 5.26 Å². The van der Waals surface area contributed by atoms with E-state index in [0.717, 1.165) is 0 Å². The quantitative estimate of drug-likeness (QED) is 0.880. The minimum absolute atomic E-state index is 0.0346. The van der Waals surface area contributed by atoms with Crippen LogP contribution in [0.4, 0.5) is 0 Å². The predicted octanol–water partition coefficient (Wildman–Crippen LogP) is 1.84. The van der Waals surface area contributed by atoms with Crippen LogP contribution in [0.3, 0.4) is 0 Å². The lowest BCUT2D eigenvalue weighted by Gasteiger charge is -2.07. The number of aromatic nitrogens is 2. The summed E-state index contributed by atoms with van der Waals surface area (Å²) < 4.78 is 5.33. The molecule has 0 fully saturated rings. The van der Waals surface area contributed by atoms with E-state index in [2.05, 4.69) is 9.97 Å². The van der Waals surface area contributed by atoms with Gasteiger partial charge in [-0.1, -0.05) is 0 Å². The highest BCUT2D eigenvalue weighted by Crippen LogP contribution is 2.25. The van der Waals surface area contributed by atoms with Crippen molar-refractivity contribution < 1.29 is 14.6 Å². The summed E-state index contributed by atoms with van der Waals surface area (Å²) in [4.78, 5) is 18.6. The Bertz CT molecular complexity index is 620. The molecule has 0 radical (unpaired) electrons. The Balaban J connectivity index is 2.42. The van der Waals surface area contributed by atoms with Gasteiger partial charge < -0.3 is 9.84 Å². The Kier molecular flexibility index (Phi) is 3.16. The maximum Gasteiger partial charge on any atom is 0.339 e. The minimum atomic E-state index is -1.14. The SMILES string of the molecule is N#Cc1ccc(C(=O)O)c(Oc2ccncn2)c1. The van der Waals surface area contributed by atoms with Gasteiger partial charge in [0.25, 0.3) is 0 Å². The van der Waals surface area contributed by atoms with Crippen LogP contribution >= 0.6 is 0 Å². The molecule has 0 spiro atoms. The molecule has 0 aliphatic heterocycles. The molecular weight excluding hydrogens is 234 g/mol. The van der Waals surface area contributed by atoms with Crippen molar-refractivity contribution >= 4 is 5.97 Å². The van der Waals surface area contributed by atoms with Crippen LogP contribution in [0, 0.1) is 11.3 Å². The zero-order chi connectivity index (χ0) is 13.0. The highest BCUT2D eigenvalue weighted by Gasteiger charge is 2.13. The van der Waals surface area contributed by atoms with Crippen molar-refractivity contribution in [3.63, 3.8) is 0 Å². The molecule has 6 heteroatoms. The lowest BCUT2D eigenvalue weighted by molar-refractivity contribution is 0.0694. The number of carboxylic acids is 1. The number of carbonyl (C=O) groups is 1. The van der Waals surface area contributed by atoms with E-state index >= 15 is 0 Å². The number of carboxylic acid groups (broad SMARTS) is 1. The maximum absolute atomic E-state index is 11.0. The molecule has 18 heavy (non-hydrogen) atoms. The molecule has 1 aromatic heterocycles. The van der Waals surface area contributed by atoms with Gasteiger partial charge in [-0.15, -0.1) is 0 Å². The fourth-order valence-electron chi connectivity index (χ4n) is 1.30. The van der Waals surface area contributed by atoms with Crippen molar-refractivity contribution in [3.8, 4) is 17.7 Å². The summed E-state index contributed by atoms with van der Waals surface area (Å²) in [6.45, 7) is 0. The highest BCUT2D eigenvalue weighted by atomic mass is 16.5. The average molecular weight is 241 g/mol. The van der Waals surface area contributed by atoms with Crippen molar-refractivity contribution in [1.82, 2.24) is 9.97 Å². The van der Waals surface area contributed by atoms with Gasteiger partial charge in [-0.05, 0) is 18.2 Å². The van der Waals surface area contributed by atoms with Crippen LogP contribution in [0.25, 0.3) is 0 Å². The molecule has 6 nitrogen and oxygen atoms in total. The molecule has 0 bridgehead atoms. The summed E-state index contributed by atoms with van der Waals surface area (Å²) in [6.07, 6.45) is 2.75. The first-order chi connectivity index (χ1) is 8.70. The van der Waals surface area contributed by atoms with Crippen LogP contribution in [0.5, 0.6) is 11.6 Å². The molecule has 1 aromatic carbocycles. The number of nitriles is 1. The topological polar surface area (TPSA) is 96.1 Å². The van der Waals surface area contributed by atoms with Gasteiger partial charge in [0.1, 0.15) is 17.6 Å². The van der Waals surface area contributed by atoms with Crippen molar-refractivity contribution in [2.75, 3.05) is 0 Å². The molecule has 88 valence electrons. The summed E-state index contributed by atoms with van der Waals surface area (Å²) >= 11 is 0. The smallest absolute Gasteiger partial charge is 0.339 e. The molecule has 1 heterocycles. The summed E-state index contributed by atoms with van der Waals surface area (Å²) in [5, 5.41) is 17.8. The Morgan fingerprint density at radius 1 is 1.39 bits per heavy atom. The first-order valence-corrected chi connectivity index (χ1v) is 4.92. The van der Waals surface area contributed by atoms with Crippen molar-refractivity contribution in [3.05, 3.63) is 47.9 Å². The number of hydrogen-bond acceptors (Lipinski definition) is 5. The van der Waals surface area contributed by atoms with Gasteiger partial charge in [-0.3, -0.25) is 0 Å². The average Bonchev–Trinajstić information content (AvgIpc) is 2.39. The zero-order valence-electron chi connectivity index (χ0n) is 9.07. The monoisotopic (exact) mass is 241 g/mol. The fourth-order valence-corrected chi connectivity index (χ4v) is 1.30. The van der Waals surface area contributed by atoms with Gasteiger partial charge in [0, 0.05) is 12.3 Å². The lowest BCUT2D eigenvalue weighted by Crippen LogP contribution is -2.01. The lowest BCUT2D eigenvalue weighted by atomic mass is 10.1. The predicted molar refractivity (Wildman–Crippen MR) is 60.2 cm³/mol. The van der Waals surface area contributed by atoms with E-state index in [1.54, 1.807) is 0 Å². The molecule has 2 aromatic rings. The second-order valence-electron chi connectivity index (χ2n) is 3.28. The third-order valence-electron chi connectivity index (χ3n) is 2.11. The van der Waals surface area contributed by atoms with E-state index in [1.165, 1.54) is 36.8 Å². The minimum Gasteiger partial charge on any atom is -0.478 e. The molecule has 0 saturated heterocycles. The second kappa shape index (κ2) is 4.93. The molecule has 2 rings (SSSR count). The first-order valence-electron chi connectivity index (χ1n) is 4.92. The van der Waals surface area contributed by atoms with Crippen LogP contribution in [0.2, 0.25) is 0 Å². The largest absolute Gasteiger partial charge is 0.478 e. The standard InChI is InChI=1S/C12H7N3O3/c13-6-8-1-2-9(12(16)17)10(5-8)18-11-3-4-14-7-15-11/h1-5,7H,(H,16,17). The Morgan fingerprint density at radius 3 is 2.83 bits per heavy atom. The summed E-state index contributed by atoms with van der Waals surface area (Å²) in [5.41, 5.74) is 0.275. The Morgan fingerprint density at radius 2 is 2.22 bits per heavy atom. The van der Waals surface area contributed by atoms with Crippen molar-refractivity contribution in [2.24, 2.45) is 0 Å². The van der Waals surface area contributed by atoms with Gasteiger partial charge in [0.15, 0.2) is 0 Å². The number of hydrogen-bond donors (Lipinski definition) is 1. The number of aromatic carboxylic acids is 1. The van der Waals surface area contributed by atoms with E-state index in [0.29, 0.717) is 5.56 Å². The maximum atomic E-state index is 11.0. The second-order valence-corrected chi connectivity index (χ2v) is 3.28. The summed E-state index contributed by atoms with van der Waals surface area (Å²) in [6, 6.07) is 7.49. The van der Waals surface area contributed by atoms with Crippen LogP contribution < -0.4 is 4.74 Å². The van der Waals surface area contributed by atoms with Gasteiger partial charge in [-0.25, -0.2) is 14.8 Å². The molecule has 0 aliphatic rings. The highest BCUT2D eigenvalue weighted by molar-refractivity contribution is 5.91. The molecule has 0 unspecified atom stereocenters.